The molecule has 1 atom stereocenters. The van der Waals surface area contributed by atoms with Crippen molar-refractivity contribution in [2.75, 3.05) is 0 Å². The minimum absolute atomic E-state index is 0.233. The Kier molecular flexibility index (Phi) is 3.69. The molecule has 0 fully saturated rings. The summed E-state index contributed by atoms with van der Waals surface area (Å²) in [5.41, 5.74) is 6.60. The number of hydrazine groups is 1. The summed E-state index contributed by atoms with van der Waals surface area (Å²) in [6.45, 7) is 3.90. The molecule has 3 N–H and O–H groups in total. The third kappa shape index (κ3) is 2.39. The Morgan fingerprint density at radius 1 is 1.17 bits per heavy atom. The molecule has 0 aliphatic rings. The van der Waals surface area contributed by atoms with Crippen LogP contribution in [0.4, 0.5) is 4.39 Å². The number of aromatic nitrogens is 1. The Bertz CT molecular complexity index is 554. The molecule has 0 amide bonds. The molecule has 1 aromatic carbocycles. The second-order valence-electron chi connectivity index (χ2n) is 4.33. The van der Waals surface area contributed by atoms with Gasteiger partial charge >= 0.3 is 0 Å². The fourth-order valence-electron chi connectivity index (χ4n) is 2.08. The predicted molar refractivity (Wildman–Crippen MR) is 69.3 cm³/mol. The monoisotopic (exact) mass is 245 g/mol. The number of nitrogens with two attached hydrogens (primary N) is 1. The number of halogens is 1. The molecule has 0 radical (unpaired) electrons. The normalized spacial score (nSPS) is 12.4. The highest BCUT2D eigenvalue weighted by Crippen LogP contribution is 2.26. The summed E-state index contributed by atoms with van der Waals surface area (Å²) in [6, 6.07) is 6.38. The minimum atomic E-state index is -0.262. The van der Waals surface area contributed by atoms with Crippen LogP contribution in [0, 0.1) is 19.7 Å². The van der Waals surface area contributed by atoms with Gasteiger partial charge in [-0.1, -0.05) is 6.07 Å². The van der Waals surface area contributed by atoms with Crippen molar-refractivity contribution < 1.29 is 4.39 Å². The number of rotatable bonds is 3. The summed E-state index contributed by atoms with van der Waals surface area (Å²) in [6.07, 6.45) is 3.48. The highest BCUT2D eigenvalue weighted by molar-refractivity contribution is 5.39. The van der Waals surface area contributed by atoms with E-state index in [-0.39, 0.29) is 11.9 Å². The van der Waals surface area contributed by atoms with E-state index >= 15 is 0 Å². The number of hydrogen-bond donors (Lipinski definition) is 2. The zero-order valence-electron chi connectivity index (χ0n) is 10.4. The van der Waals surface area contributed by atoms with E-state index in [9.17, 15) is 4.39 Å². The van der Waals surface area contributed by atoms with E-state index in [0.717, 1.165) is 22.3 Å². The van der Waals surface area contributed by atoms with Crippen LogP contribution in [0.3, 0.4) is 0 Å². The fraction of sp³-hybridized carbons (Fsp3) is 0.214. The third-order valence-electron chi connectivity index (χ3n) is 3.09. The molecule has 1 heterocycles. The zero-order chi connectivity index (χ0) is 13.1. The van der Waals surface area contributed by atoms with Crippen LogP contribution in [0.1, 0.15) is 28.3 Å². The molecule has 0 saturated carbocycles. The number of nitrogens with one attached hydrogen (secondary N) is 1. The summed E-state index contributed by atoms with van der Waals surface area (Å²) in [5.74, 6) is 5.37. The van der Waals surface area contributed by atoms with Crippen molar-refractivity contribution in [1.82, 2.24) is 10.4 Å². The smallest absolute Gasteiger partial charge is 0.123 e. The fourth-order valence-corrected chi connectivity index (χ4v) is 2.08. The van der Waals surface area contributed by atoms with Crippen LogP contribution in [0.15, 0.2) is 36.7 Å². The van der Waals surface area contributed by atoms with Gasteiger partial charge < -0.3 is 0 Å². The minimum Gasteiger partial charge on any atom is -0.271 e. The molecule has 18 heavy (non-hydrogen) atoms. The molecule has 1 unspecified atom stereocenters. The Hall–Kier alpha value is -1.78. The van der Waals surface area contributed by atoms with E-state index in [2.05, 4.69) is 10.4 Å². The number of hydrogen-bond acceptors (Lipinski definition) is 3. The standard InChI is InChI=1S/C14H16FN3/c1-9-3-4-11(15)7-13(9)14(18-16)12-5-6-17-8-10(12)2/h3-8,14,18H,16H2,1-2H3. The van der Waals surface area contributed by atoms with Gasteiger partial charge in [-0.15, -0.1) is 0 Å². The van der Waals surface area contributed by atoms with Crippen molar-refractivity contribution in [3.8, 4) is 0 Å². The van der Waals surface area contributed by atoms with Gasteiger partial charge in [0.2, 0.25) is 0 Å². The van der Waals surface area contributed by atoms with E-state index < -0.39 is 0 Å². The van der Waals surface area contributed by atoms with E-state index in [1.54, 1.807) is 18.5 Å². The summed E-state index contributed by atoms with van der Waals surface area (Å²) in [7, 11) is 0. The molecule has 94 valence electrons. The summed E-state index contributed by atoms with van der Waals surface area (Å²) >= 11 is 0. The third-order valence-corrected chi connectivity index (χ3v) is 3.09. The highest BCUT2D eigenvalue weighted by Gasteiger charge is 2.17. The van der Waals surface area contributed by atoms with Crippen LogP contribution in [0.2, 0.25) is 0 Å². The lowest BCUT2D eigenvalue weighted by atomic mass is 9.93. The maximum absolute atomic E-state index is 13.4. The first-order valence-electron chi connectivity index (χ1n) is 5.76. The molecule has 4 heteroatoms. The molecule has 0 aliphatic heterocycles. The van der Waals surface area contributed by atoms with Crippen LogP contribution in [0.5, 0.6) is 0 Å². The van der Waals surface area contributed by atoms with Gasteiger partial charge in [-0.3, -0.25) is 10.8 Å². The van der Waals surface area contributed by atoms with E-state index in [4.69, 9.17) is 5.84 Å². The molecule has 1 aromatic heterocycles. The Balaban J connectivity index is 2.52. The van der Waals surface area contributed by atoms with E-state index in [1.165, 1.54) is 12.1 Å². The maximum Gasteiger partial charge on any atom is 0.123 e. The van der Waals surface area contributed by atoms with Gasteiger partial charge in [-0.25, -0.2) is 9.82 Å². The van der Waals surface area contributed by atoms with Gasteiger partial charge in [-0.2, -0.15) is 0 Å². The first-order valence-corrected chi connectivity index (χ1v) is 5.76. The number of benzene rings is 1. The Morgan fingerprint density at radius 3 is 2.61 bits per heavy atom. The molecule has 0 aliphatic carbocycles. The van der Waals surface area contributed by atoms with E-state index in [1.807, 2.05) is 19.9 Å². The average molecular weight is 245 g/mol. The van der Waals surface area contributed by atoms with Crippen molar-refractivity contribution >= 4 is 0 Å². The topological polar surface area (TPSA) is 50.9 Å². The molecule has 0 bridgehead atoms. The highest BCUT2D eigenvalue weighted by atomic mass is 19.1. The second-order valence-corrected chi connectivity index (χ2v) is 4.33. The van der Waals surface area contributed by atoms with Crippen LogP contribution >= 0.6 is 0 Å². The first kappa shape index (κ1) is 12.7. The van der Waals surface area contributed by atoms with Gasteiger partial charge in [0.15, 0.2) is 0 Å². The quantitative estimate of drug-likeness (QED) is 0.645. The summed E-state index contributed by atoms with van der Waals surface area (Å²) in [4.78, 5) is 4.05. The van der Waals surface area contributed by atoms with Gasteiger partial charge in [0.25, 0.3) is 0 Å². The first-order chi connectivity index (χ1) is 8.63. The Labute approximate surface area is 106 Å². The molecule has 2 rings (SSSR count). The van der Waals surface area contributed by atoms with Crippen molar-refractivity contribution in [2.24, 2.45) is 5.84 Å². The van der Waals surface area contributed by atoms with Crippen LogP contribution < -0.4 is 11.3 Å². The summed E-state index contributed by atoms with van der Waals surface area (Å²) in [5, 5.41) is 0. The van der Waals surface area contributed by atoms with Crippen molar-refractivity contribution in [2.45, 2.75) is 19.9 Å². The predicted octanol–water partition coefficient (Wildman–Crippen LogP) is 2.39. The van der Waals surface area contributed by atoms with Crippen molar-refractivity contribution in [1.29, 1.82) is 0 Å². The molecule has 2 aromatic rings. The summed E-state index contributed by atoms with van der Waals surface area (Å²) < 4.78 is 13.4. The average Bonchev–Trinajstić information content (AvgIpc) is 2.36. The largest absolute Gasteiger partial charge is 0.271 e. The van der Waals surface area contributed by atoms with Gasteiger partial charge in [0, 0.05) is 12.4 Å². The number of aryl methyl sites for hydroxylation is 2. The van der Waals surface area contributed by atoms with Crippen molar-refractivity contribution in [3.63, 3.8) is 0 Å². The molecule has 3 nitrogen and oxygen atoms in total. The molecule has 0 spiro atoms. The SMILES string of the molecule is Cc1cnccc1C(NN)c1cc(F)ccc1C. The zero-order valence-corrected chi connectivity index (χ0v) is 10.4. The molecular weight excluding hydrogens is 229 g/mol. The van der Waals surface area contributed by atoms with Gasteiger partial charge in [0.05, 0.1) is 6.04 Å². The van der Waals surface area contributed by atoms with Gasteiger partial charge in [0.1, 0.15) is 5.82 Å². The lowest BCUT2D eigenvalue weighted by molar-refractivity contribution is 0.601. The molecular formula is C14H16FN3. The van der Waals surface area contributed by atoms with Crippen LogP contribution in [-0.4, -0.2) is 4.98 Å². The maximum atomic E-state index is 13.4. The lowest BCUT2D eigenvalue weighted by Crippen LogP contribution is -2.30. The number of nitrogens with zero attached hydrogens (tertiary/aromatic N) is 1. The van der Waals surface area contributed by atoms with E-state index in [0.29, 0.717) is 0 Å². The van der Waals surface area contributed by atoms with Crippen LogP contribution in [-0.2, 0) is 0 Å². The van der Waals surface area contributed by atoms with Gasteiger partial charge in [-0.05, 0) is 54.3 Å². The lowest BCUT2D eigenvalue weighted by Gasteiger charge is -2.20. The van der Waals surface area contributed by atoms with Crippen LogP contribution in [0.25, 0.3) is 0 Å². The van der Waals surface area contributed by atoms with Crippen molar-refractivity contribution in [3.05, 3.63) is 64.7 Å². The second kappa shape index (κ2) is 5.25. The number of pyridine rings is 1. The Morgan fingerprint density at radius 2 is 1.94 bits per heavy atom. The molecule has 0 saturated heterocycles.